The molecular weight excluding hydrogens is 326 g/mol. The lowest BCUT2D eigenvalue weighted by Gasteiger charge is -2.32. The molecule has 5 nitrogen and oxygen atoms in total. The maximum Gasteiger partial charge on any atom is 0.223 e. The van der Waals surface area contributed by atoms with Crippen molar-refractivity contribution >= 4 is 17.5 Å². The monoisotopic (exact) mass is 345 g/mol. The number of aromatic nitrogens is 2. The fourth-order valence-electron chi connectivity index (χ4n) is 2.88. The van der Waals surface area contributed by atoms with Gasteiger partial charge in [0, 0.05) is 30.3 Å². The number of carbonyl (C=O) groups excluding carboxylic acids is 1. The van der Waals surface area contributed by atoms with E-state index in [1.807, 2.05) is 29.2 Å². The summed E-state index contributed by atoms with van der Waals surface area (Å²) in [4.78, 5) is 22.3. The second-order valence-corrected chi connectivity index (χ2v) is 6.34. The SMILES string of the molecule is O=C(CCc1cccc(Cl)c1)N1CCC[C@@H](Oc2ccncn2)C1. The molecule has 0 aliphatic carbocycles. The highest BCUT2D eigenvalue weighted by atomic mass is 35.5. The summed E-state index contributed by atoms with van der Waals surface area (Å²) in [6, 6.07) is 9.39. The third-order valence-corrected chi connectivity index (χ3v) is 4.32. The van der Waals surface area contributed by atoms with E-state index in [2.05, 4.69) is 9.97 Å². The van der Waals surface area contributed by atoms with E-state index in [1.54, 1.807) is 12.3 Å². The molecule has 1 saturated heterocycles. The van der Waals surface area contributed by atoms with E-state index < -0.39 is 0 Å². The lowest BCUT2D eigenvalue weighted by Crippen LogP contribution is -2.44. The number of halogens is 1. The van der Waals surface area contributed by atoms with E-state index in [0.29, 0.717) is 30.3 Å². The third kappa shape index (κ3) is 4.68. The summed E-state index contributed by atoms with van der Waals surface area (Å²) in [7, 11) is 0. The van der Waals surface area contributed by atoms with Crippen LogP contribution in [-0.4, -0.2) is 40.0 Å². The predicted octanol–water partition coefficient (Wildman–Crippen LogP) is 3.13. The van der Waals surface area contributed by atoms with Crippen molar-refractivity contribution < 1.29 is 9.53 Å². The van der Waals surface area contributed by atoms with E-state index in [1.165, 1.54) is 6.33 Å². The van der Waals surface area contributed by atoms with Crippen molar-refractivity contribution in [1.82, 2.24) is 14.9 Å². The Kier molecular flexibility index (Phi) is 5.64. The van der Waals surface area contributed by atoms with Crippen molar-refractivity contribution in [2.45, 2.75) is 31.8 Å². The van der Waals surface area contributed by atoms with Gasteiger partial charge in [0.05, 0.1) is 6.54 Å². The van der Waals surface area contributed by atoms with Crippen molar-refractivity contribution in [3.8, 4) is 5.88 Å². The Hall–Kier alpha value is -2.14. The molecule has 2 aromatic rings. The fraction of sp³-hybridized carbons (Fsp3) is 0.389. The molecule has 126 valence electrons. The van der Waals surface area contributed by atoms with E-state index in [-0.39, 0.29) is 12.0 Å². The number of piperidine rings is 1. The number of aryl methyl sites for hydroxylation is 1. The van der Waals surface area contributed by atoms with Crippen LogP contribution in [0.25, 0.3) is 0 Å². The van der Waals surface area contributed by atoms with Crippen LogP contribution >= 0.6 is 11.6 Å². The average molecular weight is 346 g/mol. The Balaban J connectivity index is 1.51. The van der Waals surface area contributed by atoms with E-state index >= 15 is 0 Å². The summed E-state index contributed by atoms with van der Waals surface area (Å²) in [6.07, 6.45) is 6.17. The van der Waals surface area contributed by atoms with E-state index in [4.69, 9.17) is 16.3 Å². The molecule has 0 saturated carbocycles. The predicted molar refractivity (Wildman–Crippen MR) is 92.0 cm³/mol. The molecular formula is C18H20ClN3O2. The van der Waals surface area contributed by atoms with Gasteiger partial charge in [-0.05, 0) is 37.0 Å². The molecule has 1 aromatic heterocycles. The third-order valence-electron chi connectivity index (χ3n) is 4.09. The van der Waals surface area contributed by atoms with Gasteiger partial charge in [0.1, 0.15) is 12.4 Å². The van der Waals surface area contributed by atoms with Crippen molar-refractivity contribution in [3.05, 3.63) is 53.4 Å². The Labute approximate surface area is 146 Å². The smallest absolute Gasteiger partial charge is 0.223 e. The van der Waals surface area contributed by atoms with Crippen LogP contribution < -0.4 is 4.74 Å². The molecule has 1 aliphatic heterocycles. The number of ether oxygens (including phenoxy) is 1. The first-order valence-electron chi connectivity index (χ1n) is 8.15. The van der Waals surface area contributed by atoms with Crippen LogP contribution in [0.5, 0.6) is 5.88 Å². The van der Waals surface area contributed by atoms with Crippen LogP contribution in [0.2, 0.25) is 5.02 Å². The quantitative estimate of drug-likeness (QED) is 0.835. The van der Waals surface area contributed by atoms with E-state index in [9.17, 15) is 4.79 Å². The van der Waals surface area contributed by atoms with Crippen molar-refractivity contribution in [2.75, 3.05) is 13.1 Å². The first-order valence-corrected chi connectivity index (χ1v) is 8.53. The lowest BCUT2D eigenvalue weighted by molar-refractivity contribution is -0.133. The summed E-state index contributed by atoms with van der Waals surface area (Å²) in [5.41, 5.74) is 1.08. The van der Waals surface area contributed by atoms with Crippen LogP contribution in [0.3, 0.4) is 0 Å². The minimum atomic E-state index is -0.0104. The van der Waals surface area contributed by atoms with Gasteiger partial charge in [0.25, 0.3) is 0 Å². The van der Waals surface area contributed by atoms with Gasteiger partial charge in [-0.2, -0.15) is 0 Å². The van der Waals surface area contributed by atoms with Gasteiger partial charge in [-0.15, -0.1) is 0 Å². The summed E-state index contributed by atoms with van der Waals surface area (Å²) in [6.45, 7) is 1.40. The standard InChI is InChI=1S/C18H20ClN3O2/c19-15-4-1-3-14(11-15)6-7-18(23)22-10-2-5-16(12-22)24-17-8-9-20-13-21-17/h1,3-4,8-9,11,13,16H,2,5-7,10,12H2/t16-/m1/s1. The first-order chi connectivity index (χ1) is 11.7. The summed E-state index contributed by atoms with van der Waals surface area (Å²) < 4.78 is 5.85. The van der Waals surface area contributed by atoms with Gasteiger partial charge in [0.15, 0.2) is 0 Å². The number of carbonyl (C=O) groups is 1. The highest BCUT2D eigenvalue weighted by Crippen LogP contribution is 2.18. The van der Waals surface area contributed by atoms with Crippen molar-refractivity contribution in [2.24, 2.45) is 0 Å². The molecule has 0 bridgehead atoms. The van der Waals surface area contributed by atoms with E-state index in [0.717, 1.165) is 24.9 Å². The van der Waals surface area contributed by atoms with Crippen molar-refractivity contribution in [3.63, 3.8) is 0 Å². The molecule has 3 rings (SSSR count). The van der Waals surface area contributed by atoms with Gasteiger partial charge in [-0.25, -0.2) is 9.97 Å². The van der Waals surface area contributed by atoms with Gasteiger partial charge in [-0.3, -0.25) is 4.79 Å². The van der Waals surface area contributed by atoms with Crippen LogP contribution in [0, 0.1) is 0 Å². The van der Waals surface area contributed by atoms with Gasteiger partial charge >= 0.3 is 0 Å². The molecule has 2 heterocycles. The number of likely N-dealkylation sites (tertiary alicyclic amines) is 1. The molecule has 6 heteroatoms. The molecule has 0 unspecified atom stereocenters. The molecule has 0 radical (unpaired) electrons. The molecule has 1 amide bonds. The molecule has 1 fully saturated rings. The Bertz CT molecular complexity index is 681. The second kappa shape index (κ2) is 8.11. The Morgan fingerprint density at radius 3 is 3.08 bits per heavy atom. The second-order valence-electron chi connectivity index (χ2n) is 5.90. The van der Waals surface area contributed by atoms with Crippen LogP contribution in [0.15, 0.2) is 42.9 Å². The molecule has 1 atom stereocenters. The number of amides is 1. The minimum absolute atomic E-state index is 0.0104. The molecule has 24 heavy (non-hydrogen) atoms. The summed E-state index contributed by atoms with van der Waals surface area (Å²) >= 11 is 5.98. The lowest BCUT2D eigenvalue weighted by atomic mass is 10.1. The largest absolute Gasteiger partial charge is 0.472 e. The zero-order valence-corrected chi connectivity index (χ0v) is 14.2. The first kappa shape index (κ1) is 16.7. The Morgan fingerprint density at radius 1 is 1.38 bits per heavy atom. The molecule has 1 aromatic carbocycles. The number of benzene rings is 1. The average Bonchev–Trinajstić information content (AvgIpc) is 2.61. The molecule has 0 N–H and O–H groups in total. The number of nitrogens with zero attached hydrogens (tertiary/aromatic N) is 3. The molecule has 0 spiro atoms. The summed E-state index contributed by atoms with van der Waals surface area (Å²) in [5.74, 6) is 0.717. The number of hydrogen-bond donors (Lipinski definition) is 0. The highest BCUT2D eigenvalue weighted by Gasteiger charge is 2.24. The van der Waals surface area contributed by atoms with Crippen LogP contribution in [0.1, 0.15) is 24.8 Å². The van der Waals surface area contributed by atoms with Gasteiger partial charge < -0.3 is 9.64 Å². The van der Waals surface area contributed by atoms with Crippen molar-refractivity contribution in [1.29, 1.82) is 0 Å². The molecule has 1 aliphatic rings. The maximum absolute atomic E-state index is 12.5. The number of rotatable bonds is 5. The van der Waals surface area contributed by atoms with Gasteiger partial charge in [0.2, 0.25) is 11.8 Å². The normalized spacial score (nSPS) is 17.5. The Morgan fingerprint density at radius 2 is 2.29 bits per heavy atom. The zero-order valence-electron chi connectivity index (χ0n) is 13.4. The summed E-state index contributed by atoms with van der Waals surface area (Å²) in [5, 5.41) is 0.705. The van der Waals surface area contributed by atoms with Crippen LogP contribution in [-0.2, 0) is 11.2 Å². The highest BCUT2D eigenvalue weighted by molar-refractivity contribution is 6.30. The zero-order chi connectivity index (χ0) is 16.8. The number of hydrogen-bond acceptors (Lipinski definition) is 4. The van der Waals surface area contributed by atoms with Crippen LogP contribution in [0.4, 0.5) is 0 Å². The topological polar surface area (TPSA) is 55.3 Å². The maximum atomic E-state index is 12.5. The minimum Gasteiger partial charge on any atom is -0.472 e. The fourth-order valence-corrected chi connectivity index (χ4v) is 3.09. The van der Waals surface area contributed by atoms with Gasteiger partial charge in [-0.1, -0.05) is 23.7 Å².